The largest absolute Gasteiger partial charge is 0.488 e. The van der Waals surface area contributed by atoms with Crippen molar-refractivity contribution in [1.29, 1.82) is 0 Å². The molecular formula is C26H21NO4. The van der Waals surface area contributed by atoms with Gasteiger partial charge < -0.3 is 18.8 Å². The van der Waals surface area contributed by atoms with Gasteiger partial charge in [0.25, 0.3) is 5.56 Å². The summed E-state index contributed by atoms with van der Waals surface area (Å²) < 4.78 is 18.7. The highest BCUT2D eigenvalue weighted by atomic mass is 16.7. The number of pyridine rings is 1. The average Bonchev–Trinajstić information content (AvgIpc) is 3.28. The normalized spacial score (nSPS) is 12.0. The van der Waals surface area contributed by atoms with E-state index in [1.165, 1.54) is 0 Å². The van der Waals surface area contributed by atoms with E-state index in [-0.39, 0.29) is 12.4 Å². The second kappa shape index (κ2) is 8.40. The molecule has 0 saturated heterocycles. The van der Waals surface area contributed by atoms with E-state index < -0.39 is 0 Å². The highest BCUT2D eigenvalue weighted by Crippen LogP contribution is 2.37. The molecule has 1 aliphatic rings. The summed E-state index contributed by atoms with van der Waals surface area (Å²) in [6, 6.07) is 27.2. The number of benzene rings is 3. The molecule has 5 heteroatoms. The van der Waals surface area contributed by atoms with Crippen molar-refractivity contribution < 1.29 is 14.2 Å². The Kier molecular flexibility index (Phi) is 5.15. The van der Waals surface area contributed by atoms with E-state index >= 15 is 0 Å². The molecule has 0 aliphatic carbocycles. The maximum absolute atomic E-state index is 13.5. The predicted molar refractivity (Wildman–Crippen MR) is 119 cm³/mol. The second-order valence-electron chi connectivity index (χ2n) is 7.32. The van der Waals surface area contributed by atoms with E-state index in [1.807, 2.05) is 84.9 Å². The third kappa shape index (κ3) is 4.03. The SMILES string of the molecule is O=c1c(-c2ccc3c(c2)OCO3)c(OCc2ccccc2)ccn1Cc1ccccc1. The molecule has 0 amide bonds. The lowest BCUT2D eigenvalue weighted by Crippen LogP contribution is -2.22. The minimum Gasteiger partial charge on any atom is -0.488 e. The number of nitrogens with zero attached hydrogens (tertiary/aromatic N) is 1. The predicted octanol–water partition coefficient (Wildman–Crippen LogP) is 4.87. The van der Waals surface area contributed by atoms with Crippen molar-refractivity contribution in [3.63, 3.8) is 0 Å². The quantitative estimate of drug-likeness (QED) is 0.454. The number of ether oxygens (including phenoxy) is 3. The fourth-order valence-electron chi connectivity index (χ4n) is 3.64. The topological polar surface area (TPSA) is 49.7 Å². The van der Waals surface area contributed by atoms with Gasteiger partial charge in [0.2, 0.25) is 6.79 Å². The molecule has 4 aromatic rings. The standard InChI is InChI=1S/C26H21NO4/c28-26-25(21-11-12-22-24(15-21)31-18-30-22)23(29-17-20-9-5-2-6-10-20)13-14-27(26)16-19-7-3-1-4-8-19/h1-15H,16-18H2. The van der Waals surface area contributed by atoms with Crippen LogP contribution in [0.25, 0.3) is 11.1 Å². The first kappa shape index (κ1) is 19.0. The third-order valence-electron chi connectivity index (χ3n) is 5.22. The van der Waals surface area contributed by atoms with Crippen LogP contribution >= 0.6 is 0 Å². The maximum atomic E-state index is 13.5. The highest BCUT2D eigenvalue weighted by molar-refractivity contribution is 5.72. The van der Waals surface area contributed by atoms with Crippen LogP contribution in [0.4, 0.5) is 0 Å². The first-order valence-electron chi connectivity index (χ1n) is 10.1. The molecule has 0 atom stereocenters. The van der Waals surface area contributed by atoms with Gasteiger partial charge in [-0.25, -0.2) is 0 Å². The molecule has 154 valence electrons. The number of hydrogen-bond acceptors (Lipinski definition) is 4. The molecule has 0 unspecified atom stereocenters. The van der Waals surface area contributed by atoms with Gasteiger partial charge in [0.05, 0.1) is 12.1 Å². The third-order valence-corrected chi connectivity index (χ3v) is 5.22. The fraction of sp³-hybridized carbons (Fsp3) is 0.115. The Morgan fingerprint density at radius 2 is 1.52 bits per heavy atom. The molecule has 2 heterocycles. The van der Waals surface area contributed by atoms with Crippen molar-refractivity contribution >= 4 is 0 Å². The Hall–Kier alpha value is -3.99. The van der Waals surface area contributed by atoms with Crippen molar-refractivity contribution in [2.45, 2.75) is 13.2 Å². The lowest BCUT2D eigenvalue weighted by atomic mass is 10.1. The Bertz CT molecular complexity index is 1250. The van der Waals surface area contributed by atoms with Crippen LogP contribution in [0.3, 0.4) is 0 Å². The van der Waals surface area contributed by atoms with Crippen LogP contribution in [-0.2, 0) is 13.2 Å². The van der Waals surface area contributed by atoms with E-state index in [4.69, 9.17) is 14.2 Å². The fourth-order valence-corrected chi connectivity index (χ4v) is 3.64. The summed E-state index contributed by atoms with van der Waals surface area (Å²) in [7, 11) is 0. The monoisotopic (exact) mass is 411 g/mol. The summed E-state index contributed by atoms with van der Waals surface area (Å²) in [6.45, 7) is 1.04. The van der Waals surface area contributed by atoms with Crippen molar-refractivity contribution in [1.82, 2.24) is 4.57 Å². The highest BCUT2D eigenvalue weighted by Gasteiger charge is 2.19. The van der Waals surface area contributed by atoms with Gasteiger partial charge in [0.15, 0.2) is 11.5 Å². The molecule has 5 rings (SSSR count). The Labute approximate surface area is 180 Å². The lowest BCUT2D eigenvalue weighted by molar-refractivity contribution is 0.174. The first-order chi connectivity index (χ1) is 15.3. The zero-order valence-electron chi connectivity index (χ0n) is 16.9. The first-order valence-corrected chi connectivity index (χ1v) is 10.1. The number of fused-ring (bicyclic) bond motifs is 1. The molecule has 5 nitrogen and oxygen atoms in total. The minimum absolute atomic E-state index is 0.117. The molecule has 0 spiro atoms. The summed E-state index contributed by atoms with van der Waals surface area (Å²) in [5.74, 6) is 1.84. The molecule has 1 aliphatic heterocycles. The summed E-state index contributed by atoms with van der Waals surface area (Å²) >= 11 is 0. The van der Waals surface area contributed by atoms with Gasteiger partial charge >= 0.3 is 0 Å². The molecule has 0 bridgehead atoms. The van der Waals surface area contributed by atoms with Gasteiger partial charge in [-0.1, -0.05) is 66.7 Å². The van der Waals surface area contributed by atoms with Crippen LogP contribution in [0, 0.1) is 0 Å². The molecule has 0 radical (unpaired) electrons. The van der Waals surface area contributed by atoms with E-state index in [1.54, 1.807) is 10.8 Å². The molecule has 0 saturated carbocycles. The van der Waals surface area contributed by atoms with E-state index in [0.717, 1.165) is 16.7 Å². The Balaban J connectivity index is 1.55. The zero-order chi connectivity index (χ0) is 21.0. The van der Waals surface area contributed by atoms with Crippen LogP contribution in [0.2, 0.25) is 0 Å². The van der Waals surface area contributed by atoms with Crippen LogP contribution in [0.1, 0.15) is 11.1 Å². The molecule has 3 aromatic carbocycles. The minimum atomic E-state index is -0.117. The number of aromatic nitrogens is 1. The lowest BCUT2D eigenvalue weighted by Gasteiger charge is -2.15. The van der Waals surface area contributed by atoms with E-state index in [0.29, 0.717) is 36.0 Å². The van der Waals surface area contributed by atoms with Crippen LogP contribution in [-0.4, -0.2) is 11.4 Å². The molecule has 0 fully saturated rings. The zero-order valence-corrected chi connectivity index (χ0v) is 16.9. The van der Waals surface area contributed by atoms with Gasteiger partial charge in [-0.05, 0) is 34.9 Å². The Morgan fingerprint density at radius 1 is 0.806 bits per heavy atom. The van der Waals surface area contributed by atoms with Crippen LogP contribution in [0.15, 0.2) is 95.9 Å². The van der Waals surface area contributed by atoms with Crippen LogP contribution < -0.4 is 19.8 Å². The van der Waals surface area contributed by atoms with Gasteiger partial charge in [0.1, 0.15) is 12.4 Å². The summed E-state index contributed by atoms with van der Waals surface area (Å²) in [6.07, 6.45) is 1.78. The van der Waals surface area contributed by atoms with Crippen molar-refractivity contribution in [2.24, 2.45) is 0 Å². The summed E-state index contributed by atoms with van der Waals surface area (Å²) in [5, 5.41) is 0. The second-order valence-corrected chi connectivity index (χ2v) is 7.32. The van der Waals surface area contributed by atoms with E-state index in [2.05, 4.69) is 0 Å². The smallest absolute Gasteiger partial charge is 0.262 e. The van der Waals surface area contributed by atoms with Gasteiger partial charge in [-0.15, -0.1) is 0 Å². The molecule has 0 N–H and O–H groups in total. The van der Waals surface area contributed by atoms with E-state index in [9.17, 15) is 4.79 Å². The van der Waals surface area contributed by atoms with Gasteiger partial charge in [0, 0.05) is 6.20 Å². The number of rotatable bonds is 6. The molecule has 1 aromatic heterocycles. The van der Waals surface area contributed by atoms with Crippen LogP contribution in [0.5, 0.6) is 17.2 Å². The van der Waals surface area contributed by atoms with Crippen molar-refractivity contribution in [3.8, 4) is 28.4 Å². The van der Waals surface area contributed by atoms with Crippen molar-refractivity contribution in [3.05, 3.63) is 113 Å². The molecular weight excluding hydrogens is 390 g/mol. The summed E-state index contributed by atoms with van der Waals surface area (Å²) in [5.41, 5.74) is 3.22. The average molecular weight is 411 g/mol. The maximum Gasteiger partial charge on any atom is 0.262 e. The van der Waals surface area contributed by atoms with Gasteiger partial charge in [-0.3, -0.25) is 4.79 Å². The molecule has 31 heavy (non-hydrogen) atoms. The number of hydrogen-bond donors (Lipinski definition) is 0. The van der Waals surface area contributed by atoms with Crippen molar-refractivity contribution in [2.75, 3.05) is 6.79 Å². The van der Waals surface area contributed by atoms with Gasteiger partial charge in [-0.2, -0.15) is 0 Å². The Morgan fingerprint density at radius 3 is 2.29 bits per heavy atom. The summed E-state index contributed by atoms with van der Waals surface area (Å²) in [4.78, 5) is 13.5.